The molecule has 3 heterocycles. The van der Waals surface area contributed by atoms with Crippen molar-refractivity contribution in [2.24, 2.45) is 0 Å². The first-order valence-electron chi connectivity index (χ1n) is 6.11. The van der Waals surface area contributed by atoms with Gasteiger partial charge in [-0.25, -0.2) is 14.5 Å². The zero-order valence-electron chi connectivity index (χ0n) is 10.7. The fourth-order valence-electron chi connectivity index (χ4n) is 2.14. The van der Waals surface area contributed by atoms with Crippen LogP contribution in [-0.4, -0.2) is 47.5 Å². The third-order valence-corrected chi connectivity index (χ3v) is 3.56. The van der Waals surface area contributed by atoms with Crippen LogP contribution in [0.2, 0.25) is 0 Å². The number of ether oxygens (including phenoxy) is 1. The van der Waals surface area contributed by atoms with Crippen molar-refractivity contribution < 1.29 is 23.6 Å². The topological polar surface area (TPSA) is 158 Å². The second-order valence-electron chi connectivity index (χ2n) is 4.54. The number of nitrogen functional groups attached to an aromatic ring is 1. The highest BCUT2D eigenvalue weighted by Crippen LogP contribution is 2.38. The van der Waals surface area contributed by atoms with Crippen LogP contribution in [0.3, 0.4) is 0 Å². The molecule has 21 heavy (non-hydrogen) atoms. The molecule has 0 aromatic carbocycles. The Morgan fingerprint density at radius 2 is 2.29 bits per heavy atom. The van der Waals surface area contributed by atoms with Crippen LogP contribution < -0.4 is 5.73 Å². The predicted molar refractivity (Wildman–Crippen MR) is 68.7 cm³/mol. The summed E-state index contributed by atoms with van der Waals surface area (Å²) in [6.07, 6.45) is 1.61. The van der Waals surface area contributed by atoms with Gasteiger partial charge in [-0.2, -0.15) is 4.68 Å². The first-order valence-corrected chi connectivity index (χ1v) is 7.64. The average molecular weight is 316 g/mol. The van der Waals surface area contributed by atoms with E-state index in [2.05, 4.69) is 24.8 Å². The van der Waals surface area contributed by atoms with Crippen LogP contribution in [-0.2, 0) is 13.8 Å². The number of anilines is 1. The summed E-state index contributed by atoms with van der Waals surface area (Å²) in [7, 11) is -4.50. The number of fused-ring (bicyclic) bond motifs is 1. The van der Waals surface area contributed by atoms with Gasteiger partial charge in [0.2, 0.25) is 0 Å². The van der Waals surface area contributed by atoms with Crippen LogP contribution in [0.4, 0.5) is 5.82 Å². The number of rotatable bonds is 4. The van der Waals surface area contributed by atoms with Gasteiger partial charge in [-0.15, -0.1) is 5.10 Å². The van der Waals surface area contributed by atoms with Crippen LogP contribution >= 0.6 is 7.82 Å². The fraction of sp³-hybridized carbons (Fsp3) is 0.556. The first-order chi connectivity index (χ1) is 9.94. The monoisotopic (exact) mass is 316 g/mol. The Morgan fingerprint density at radius 1 is 1.48 bits per heavy atom. The number of hydrogen-bond acceptors (Lipinski definition) is 8. The van der Waals surface area contributed by atoms with Gasteiger partial charge in [0, 0.05) is 0 Å². The Kier molecular flexibility index (Phi) is 3.59. The van der Waals surface area contributed by atoms with Gasteiger partial charge in [-0.05, 0) is 12.8 Å². The molecule has 114 valence electrons. The summed E-state index contributed by atoms with van der Waals surface area (Å²) in [4.78, 5) is 25.2. The maximum atomic E-state index is 10.7. The van der Waals surface area contributed by atoms with Gasteiger partial charge in [0.15, 0.2) is 23.2 Å². The van der Waals surface area contributed by atoms with Gasteiger partial charge in [0.1, 0.15) is 6.33 Å². The minimum Gasteiger partial charge on any atom is -0.382 e. The van der Waals surface area contributed by atoms with Crippen molar-refractivity contribution in [3.63, 3.8) is 0 Å². The lowest BCUT2D eigenvalue weighted by Gasteiger charge is -2.14. The van der Waals surface area contributed by atoms with Crippen molar-refractivity contribution in [2.75, 3.05) is 12.3 Å². The molecule has 1 fully saturated rings. The second kappa shape index (κ2) is 5.28. The molecule has 1 aliphatic heterocycles. The van der Waals surface area contributed by atoms with E-state index in [1.54, 1.807) is 0 Å². The molecular formula is C9H13N6O5P. The molecule has 1 saturated heterocycles. The summed E-state index contributed by atoms with van der Waals surface area (Å²) in [5, 5.41) is 7.85. The molecule has 0 saturated carbocycles. The molecule has 2 aromatic heterocycles. The van der Waals surface area contributed by atoms with Crippen LogP contribution in [0.5, 0.6) is 0 Å². The Bertz CT molecular complexity index is 701. The molecule has 0 radical (unpaired) electrons. The molecule has 3 rings (SSSR count). The highest BCUT2D eigenvalue weighted by molar-refractivity contribution is 7.46. The van der Waals surface area contributed by atoms with E-state index in [1.165, 1.54) is 11.0 Å². The third kappa shape index (κ3) is 3.01. The number of aromatic nitrogens is 5. The van der Waals surface area contributed by atoms with E-state index in [-0.39, 0.29) is 12.4 Å². The average Bonchev–Trinajstić information content (AvgIpc) is 3.02. The number of hydrogen-bond donors (Lipinski definition) is 3. The zero-order valence-corrected chi connectivity index (χ0v) is 11.6. The van der Waals surface area contributed by atoms with Gasteiger partial charge in [-0.3, -0.25) is 4.52 Å². The molecule has 0 spiro atoms. The van der Waals surface area contributed by atoms with E-state index < -0.39 is 20.2 Å². The van der Waals surface area contributed by atoms with Gasteiger partial charge in [0.25, 0.3) is 0 Å². The van der Waals surface area contributed by atoms with Crippen LogP contribution in [0.1, 0.15) is 19.1 Å². The highest BCUT2D eigenvalue weighted by Gasteiger charge is 2.31. The van der Waals surface area contributed by atoms with Crippen molar-refractivity contribution in [3.05, 3.63) is 6.33 Å². The molecule has 0 aliphatic carbocycles. The Morgan fingerprint density at radius 3 is 3.05 bits per heavy atom. The second-order valence-corrected chi connectivity index (χ2v) is 5.78. The lowest BCUT2D eigenvalue weighted by atomic mass is 10.2. The summed E-state index contributed by atoms with van der Waals surface area (Å²) < 4.78 is 22.2. The first kappa shape index (κ1) is 14.3. The van der Waals surface area contributed by atoms with E-state index in [4.69, 9.17) is 20.3 Å². The van der Waals surface area contributed by atoms with Crippen molar-refractivity contribution in [1.82, 2.24) is 25.0 Å². The third-order valence-electron chi connectivity index (χ3n) is 3.08. The van der Waals surface area contributed by atoms with Crippen molar-refractivity contribution in [3.8, 4) is 0 Å². The molecule has 0 amide bonds. The number of nitrogens with two attached hydrogens (primary N) is 1. The maximum Gasteiger partial charge on any atom is 0.469 e. The van der Waals surface area contributed by atoms with Crippen molar-refractivity contribution in [1.29, 1.82) is 0 Å². The lowest BCUT2D eigenvalue weighted by molar-refractivity contribution is -0.0267. The lowest BCUT2D eigenvalue weighted by Crippen LogP contribution is -2.17. The number of nitrogens with zero attached hydrogens (tertiary/aromatic N) is 5. The Balaban J connectivity index is 1.73. The number of phosphoric acid groups is 1. The standard InChI is InChI=1S/C9H13N6O5P/c10-8-7-9(12-4-11-8)15(14-13-7)6-2-1-5(20-6)3-19-21(16,17)18/h4-6H,1-3H2,(H2,10,11,12)(H2,16,17,18)/t5-,6+/m0/s1. The van der Waals surface area contributed by atoms with E-state index >= 15 is 0 Å². The van der Waals surface area contributed by atoms with Crippen LogP contribution in [0, 0.1) is 0 Å². The van der Waals surface area contributed by atoms with Gasteiger partial charge in [-0.1, -0.05) is 5.21 Å². The molecule has 4 N–H and O–H groups in total. The molecule has 12 heteroatoms. The molecule has 2 aromatic rings. The molecule has 2 atom stereocenters. The van der Waals surface area contributed by atoms with Gasteiger partial charge >= 0.3 is 7.82 Å². The van der Waals surface area contributed by atoms with Crippen LogP contribution in [0.15, 0.2) is 6.33 Å². The van der Waals surface area contributed by atoms with Crippen molar-refractivity contribution in [2.45, 2.75) is 25.2 Å². The summed E-state index contributed by atoms with van der Waals surface area (Å²) in [6.45, 7) is -0.190. The molecule has 1 aliphatic rings. The van der Waals surface area contributed by atoms with E-state index in [0.717, 1.165) is 0 Å². The fourth-order valence-corrected chi connectivity index (χ4v) is 2.51. The van der Waals surface area contributed by atoms with E-state index in [9.17, 15) is 4.57 Å². The van der Waals surface area contributed by atoms with Gasteiger partial charge in [0.05, 0.1) is 12.7 Å². The van der Waals surface area contributed by atoms with E-state index in [1.807, 2.05) is 0 Å². The van der Waals surface area contributed by atoms with Crippen LogP contribution in [0.25, 0.3) is 11.2 Å². The largest absolute Gasteiger partial charge is 0.469 e. The quantitative estimate of drug-likeness (QED) is 0.633. The summed E-state index contributed by atoms with van der Waals surface area (Å²) in [5.41, 5.74) is 6.51. The van der Waals surface area contributed by atoms with E-state index in [0.29, 0.717) is 24.0 Å². The van der Waals surface area contributed by atoms with Crippen molar-refractivity contribution >= 4 is 24.8 Å². The minimum absolute atomic E-state index is 0.190. The SMILES string of the molecule is Nc1ncnc2c1nnn2[C@H]1CC[C@@H](COP(=O)(O)O)O1. The maximum absolute atomic E-state index is 10.7. The smallest absolute Gasteiger partial charge is 0.382 e. The predicted octanol–water partition coefficient (Wildman–Crippen LogP) is -0.410. The normalized spacial score (nSPS) is 23.0. The summed E-state index contributed by atoms with van der Waals surface area (Å²) >= 11 is 0. The Labute approximate surface area is 118 Å². The minimum atomic E-state index is -4.50. The highest BCUT2D eigenvalue weighted by atomic mass is 31.2. The zero-order chi connectivity index (χ0) is 15.0. The summed E-state index contributed by atoms with van der Waals surface area (Å²) in [5.74, 6) is 0.227. The molecule has 0 unspecified atom stereocenters. The van der Waals surface area contributed by atoms with Gasteiger partial charge < -0.3 is 20.3 Å². The molecular weight excluding hydrogens is 303 g/mol. The molecule has 0 bridgehead atoms. The summed E-state index contributed by atoms with van der Waals surface area (Å²) in [6, 6.07) is 0. The molecule has 11 nitrogen and oxygen atoms in total. The number of phosphoric ester groups is 1. The Hall–Kier alpha value is -1.65.